The highest BCUT2D eigenvalue weighted by molar-refractivity contribution is 6.74. The molecule has 0 fully saturated rings. The molecule has 0 bridgehead atoms. The van der Waals surface area contributed by atoms with Gasteiger partial charge in [-0.25, -0.2) is 0 Å². The lowest BCUT2D eigenvalue weighted by Crippen LogP contribution is -2.48. The highest BCUT2D eigenvalue weighted by Crippen LogP contribution is 2.38. The highest BCUT2D eigenvalue weighted by atomic mass is 28.4. The Morgan fingerprint density at radius 1 is 1.12 bits per heavy atom. The van der Waals surface area contributed by atoms with Crippen LogP contribution in [0.1, 0.15) is 58.9 Å². The molecule has 1 aromatic rings. The number of carbonyl (C=O) groups excluding carboxylic acids is 1. The largest absolute Gasteiger partial charge is 0.411 e. The molecule has 4 heteroatoms. The minimum Gasteiger partial charge on any atom is -0.411 e. The second kappa shape index (κ2) is 10.2. The molecule has 0 unspecified atom stereocenters. The first-order valence-electron chi connectivity index (χ1n) is 9.50. The summed E-state index contributed by atoms with van der Waals surface area (Å²) < 4.78 is 12.5. The molecular weight excluding hydrogens is 328 g/mol. The van der Waals surface area contributed by atoms with Gasteiger partial charge in [-0.2, -0.15) is 0 Å². The fourth-order valence-corrected chi connectivity index (χ4v) is 3.80. The molecule has 25 heavy (non-hydrogen) atoms. The van der Waals surface area contributed by atoms with Gasteiger partial charge in [0, 0.05) is 0 Å². The van der Waals surface area contributed by atoms with E-state index in [4.69, 9.17) is 9.16 Å². The molecule has 0 spiro atoms. The summed E-state index contributed by atoms with van der Waals surface area (Å²) in [4.78, 5) is 11.7. The number of hydrogen-bond donors (Lipinski definition) is 0. The predicted molar refractivity (Wildman–Crippen MR) is 107 cm³/mol. The molecule has 1 aromatic carbocycles. The van der Waals surface area contributed by atoms with E-state index in [1.165, 1.54) is 0 Å². The Morgan fingerprint density at radius 2 is 1.76 bits per heavy atom. The van der Waals surface area contributed by atoms with Crippen LogP contribution in [-0.4, -0.2) is 26.8 Å². The Bertz CT molecular complexity index is 494. The van der Waals surface area contributed by atoms with Gasteiger partial charge in [-0.05, 0) is 30.1 Å². The standard InChI is InChI=1S/C21H36O3Si/c1-7-8-10-15-19(24-25(5,6)21(2,3)4)20(16-22)23-17-18-13-11-9-12-14-18/h9,11-14,16,19-20H,7-8,10,15,17H2,1-6H3/t19-,20-/m1/s1. The van der Waals surface area contributed by atoms with Crippen LogP contribution in [-0.2, 0) is 20.6 Å². The molecule has 1 rings (SSSR count). The van der Waals surface area contributed by atoms with E-state index < -0.39 is 14.4 Å². The third-order valence-electron chi connectivity index (χ3n) is 5.13. The second-order valence-electron chi connectivity index (χ2n) is 8.31. The van der Waals surface area contributed by atoms with E-state index in [-0.39, 0.29) is 11.1 Å². The lowest BCUT2D eigenvalue weighted by molar-refractivity contribution is -0.126. The van der Waals surface area contributed by atoms with Crippen molar-refractivity contribution < 1.29 is 14.0 Å². The maximum absolute atomic E-state index is 11.7. The summed E-state index contributed by atoms with van der Waals surface area (Å²) >= 11 is 0. The summed E-state index contributed by atoms with van der Waals surface area (Å²) in [5, 5.41) is 0.114. The molecule has 0 saturated carbocycles. The van der Waals surface area contributed by atoms with Crippen LogP contribution in [0.5, 0.6) is 0 Å². The summed E-state index contributed by atoms with van der Waals surface area (Å²) in [5.74, 6) is 0. The summed E-state index contributed by atoms with van der Waals surface area (Å²) in [5.41, 5.74) is 1.08. The van der Waals surface area contributed by atoms with Gasteiger partial charge in [0.2, 0.25) is 0 Å². The van der Waals surface area contributed by atoms with Gasteiger partial charge >= 0.3 is 0 Å². The average Bonchev–Trinajstić information content (AvgIpc) is 2.55. The van der Waals surface area contributed by atoms with E-state index in [1.807, 2.05) is 30.3 Å². The third-order valence-corrected chi connectivity index (χ3v) is 9.63. The number of ether oxygens (including phenoxy) is 1. The Balaban J connectivity index is 2.81. The fraction of sp³-hybridized carbons (Fsp3) is 0.667. The lowest BCUT2D eigenvalue weighted by Gasteiger charge is -2.40. The third kappa shape index (κ3) is 7.43. The van der Waals surface area contributed by atoms with Gasteiger partial charge in [-0.3, -0.25) is 0 Å². The minimum atomic E-state index is -1.95. The zero-order valence-electron chi connectivity index (χ0n) is 16.9. The van der Waals surface area contributed by atoms with Crippen molar-refractivity contribution in [2.75, 3.05) is 0 Å². The highest BCUT2D eigenvalue weighted by Gasteiger charge is 2.40. The van der Waals surface area contributed by atoms with Gasteiger partial charge in [-0.1, -0.05) is 77.3 Å². The van der Waals surface area contributed by atoms with Crippen molar-refractivity contribution in [1.82, 2.24) is 0 Å². The number of aldehydes is 1. The normalized spacial score (nSPS) is 15.0. The molecule has 0 aromatic heterocycles. The summed E-state index contributed by atoms with van der Waals surface area (Å²) in [6.07, 6.45) is 4.50. The molecule has 0 aliphatic carbocycles. The number of unbranched alkanes of at least 4 members (excludes halogenated alkanes) is 2. The number of carbonyl (C=O) groups is 1. The van der Waals surface area contributed by atoms with Gasteiger partial charge < -0.3 is 14.0 Å². The Kier molecular flexibility index (Phi) is 9.04. The van der Waals surface area contributed by atoms with Crippen molar-refractivity contribution in [2.24, 2.45) is 0 Å². The van der Waals surface area contributed by atoms with Crippen LogP contribution >= 0.6 is 0 Å². The molecule has 0 radical (unpaired) electrons. The van der Waals surface area contributed by atoms with E-state index in [0.717, 1.165) is 37.5 Å². The zero-order valence-corrected chi connectivity index (χ0v) is 17.9. The van der Waals surface area contributed by atoms with E-state index in [1.54, 1.807) is 0 Å². The first-order valence-corrected chi connectivity index (χ1v) is 12.4. The molecule has 0 aliphatic rings. The van der Waals surface area contributed by atoms with Gasteiger partial charge in [0.25, 0.3) is 0 Å². The topological polar surface area (TPSA) is 35.5 Å². The molecule has 0 aliphatic heterocycles. The number of hydrogen-bond acceptors (Lipinski definition) is 3. The molecule has 3 nitrogen and oxygen atoms in total. The van der Waals surface area contributed by atoms with Crippen LogP contribution in [0.15, 0.2) is 30.3 Å². The maximum atomic E-state index is 11.7. The average molecular weight is 365 g/mol. The molecule has 0 N–H and O–H groups in total. The molecule has 0 saturated heterocycles. The first-order chi connectivity index (χ1) is 11.7. The second-order valence-corrected chi connectivity index (χ2v) is 13.1. The number of benzene rings is 1. The van der Waals surface area contributed by atoms with E-state index in [0.29, 0.717) is 6.61 Å². The van der Waals surface area contributed by atoms with Gasteiger partial charge in [0.05, 0.1) is 12.7 Å². The monoisotopic (exact) mass is 364 g/mol. The van der Waals surface area contributed by atoms with E-state index >= 15 is 0 Å². The summed E-state index contributed by atoms with van der Waals surface area (Å²) in [7, 11) is -1.95. The molecule has 2 atom stereocenters. The molecule has 142 valence electrons. The van der Waals surface area contributed by atoms with Crippen LogP contribution in [0.25, 0.3) is 0 Å². The van der Waals surface area contributed by atoms with E-state index in [9.17, 15) is 4.79 Å². The Hall–Kier alpha value is -0.973. The molecule has 0 heterocycles. The van der Waals surface area contributed by atoms with E-state index in [2.05, 4.69) is 40.8 Å². The van der Waals surface area contributed by atoms with Gasteiger partial charge in [0.1, 0.15) is 6.10 Å². The van der Waals surface area contributed by atoms with Crippen molar-refractivity contribution >= 4 is 14.6 Å². The fourth-order valence-electron chi connectivity index (χ4n) is 2.44. The quantitative estimate of drug-likeness (QED) is 0.285. The van der Waals surface area contributed by atoms with Crippen molar-refractivity contribution in [3.8, 4) is 0 Å². The van der Waals surface area contributed by atoms with Crippen LogP contribution in [0.3, 0.4) is 0 Å². The van der Waals surface area contributed by atoms with Crippen molar-refractivity contribution in [2.45, 2.75) is 90.3 Å². The summed E-state index contributed by atoms with van der Waals surface area (Å²) in [6, 6.07) is 9.99. The minimum absolute atomic E-state index is 0.114. The molecular formula is C21H36O3Si. The van der Waals surface area contributed by atoms with Crippen LogP contribution in [0, 0.1) is 0 Å². The maximum Gasteiger partial charge on any atom is 0.192 e. The van der Waals surface area contributed by atoms with Gasteiger partial charge in [-0.15, -0.1) is 0 Å². The summed E-state index contributed by atoms with van der Waals surface area (Å²) in [6.45, 7) is 13.8. The van der Waals surface area contributed by atoms with Crippen molar-refractivity contribution in [3.63, 3.8) is 0 Å². The zero-order chi connectivity index (χ0) is 18.9. The van der Waals surface area contributed by atoms with Crippen molar-refractivity contribution in [1.29, 1.82) is 0 Å². The molecule has 0 amide bonds. The van der Waals surface area contributed by atoms with Crippen molar-refractivity contribution in [3.05, 3.63) is 35.9 Å². The Labute approximate surface area is 155 Å². The van der Waals surface area contributed by atoms with Gasteiger partial charge in [0.15, 0.2) is 14.6 Å². The number of rotatable bonds is 11. The first kappa shape index (κ1) is 22.1. The van der Waals surface area contributed by atoms with Crippen LogP contribution in [0.4, 0.5) is 0 Å². The smallest absolute Gasteiger partial charge is 0.192 e. The predicted octanol–water partition coefficient (Wildman–Crippen LogP) is 5.74. The van der Waals surface area contributed by atoms with Crippen LogP contribution in [0.2, 0.25) is 18.1 Å². The lowest BCUT2D eigenvalue weighted by atomic mass is 10.1. The SMILES string of the molecule is CCCCC[C@@H](O[Si](C)(C)C(C)(C)C)[C@@H](C=O)OCc1ccccc1. The van der Waals surface area contributed by atoms with Crippen LogP contribution < -0.4 is 0 Å². The Morgan fingerprint density at radius 3 is 2.28 bits per heavy atom.